The van der Waals surface area contributed by atoms with Gasteiger partial charge in [0, 0.05) is 37.5 Å². The lowest BCUT2D eigenvalue weighted by atomic mass is 9.97. The van der Waals surface area contributed by atoms with Crippen molar-refractivity contribution in [1.29, 1.82) is 0 Å². The molecule has 0 spiro atoms. The van der Waals surface area contributed by atoms with Crippen LogP contribution in [0.1, 0.15) is 31.2 Å². The number of hydrogen-bond donors (Lipinski definition) is 1. The maximum absolute atomic E-state index is 5.52. The summed E-state index contributed by atoms with van der Waals surface area (Å²) in [5.74, 6) is 0. The van der Waals surface area contributed by atoms with Gasteiger partial charge in [0.2, 0.25) is 0 Å². The van der Waals surface area contributed by atoms with E-state index in [0.717, 1.165) is 19.7 Å². The first-order valence-electron chi connectivity index (χ1n) is 7.80. The summed E-state index contributed by atoms with van der Waals surface area (Å²) in [6.45, 7) is 2.56. The minimum Gasteiger partial charge on any atom is -0.383 e. The van der Waals surface area contributed by atoms with E-state index in [9.17, 15) is 0 Å². The lowest BCUT2D eigenvalue weighted by molar-refractivity contribution is 0.0730. The fraction of sp³-hybridized carbons (Fsp3) is 0.647. The van der Waals surface area contributed by atoms with E-state index < -0.39 is 0 Å². The maximum Gasteiger partial charge on any atom is 0.0587 e. The van der Waals surface area contributed by atoms with E-state index in [-0.39, 0.29) is 0 Å². The Bertz CT molecular complexity index is 414. The number of thioether (sulfide) groups is 1. The van der Waals surface area contributed by atoms with Gasteiger partial charge in [-0.25, -0.2) is 0 Å². The van der Waals surface area contributed by atoms with Gasteiger partial charge in [-0.1, -0.05) is 12.1 Å². The normalized spacial score (nSPS) is 22.4. The Labute approximate surface area is 132 Å². The molecule has 0 bridgehead atoms. The molecule has 2 rings (SSSR count). The van der Waals surface area contributed by atoms with Crippen molar-refractivity contribution in [3.8, 4) is 0 Å². The predicted octanol–water partition coefficient (Wildman–Crippen LogP) is 3.47. The number of ether oxygens (including phenoxy) is 2. The molecule has 118 valence electrons. The fourth-order valence-corrected chi connectivity index (χ4v) is 4.11. The van der Waals surface area contributed by atoms with Crippen molar-refractivity contribution >= 4 is 11.8 Å². The number of benzene rings is 1. The molecule has 0 heterocycles. The second-order valence-corrected chi connectivity index (χ2v) is 6.95. The van der Waals surface area contributed by atoms with E-state index >= 15 is 0 Å². The summed E-state index contributed by atoms with van der Waals surface area (Å²) in [5, 5.41) is 4.09. The zero-order valence-electron chi connectivity index (χ0n) is 13.1. The highest BCUT2D eigenvalue weighted by molar-refractivity contribution is 8.00. The van der Waals surface area contributed by atoms with Crippen LogP contribution in [0.25, 0.3) is 0 Å². The van der Waals surface area contributed by atoms with Crippen molar-refractivity contribution in [3.05, 3.63) is 29.8 Å². The Kier molecular flexibility index (Phi) is 7.58. The largest absolute Gasteiger partial charge is 0.383 e. The van der Waals surface area contributed by atoms with Crippen LogP contribution in [-0.4, -0.2) is 38.7 Å². The van der Waals surface area contributed by atoms with Crippen molar-refractivity contribution in [2.24, 2.45) is 0 Å². The molecule has 0 radical (unpaired) electrons. The Morgan fingerprint density at radius 3 is 3.00 bits per heavy atom. The van der Waals surface area contributed by atoms with Gasteiger partial charge in [0.05, 0.1) is 12.7 Å². The van der Waals surface area contributed by atoms with Gasteiger partial charge in [0.15, 0.2) is 0 Å². The van der Waals surface area contributed by atoms with Gasteiger partial charge in [-0.05, 0) is 43.4 Å². The number of methoxy groups -OCH3 is 2. The quantitative estimate of drug-likeness (QED) is 0.745. The summed E-state index contributed by atoms with van der Waals surface area (Å²) < 4.78 is 10.6. The Morgan fingerprint density at radius 1 is 1.29 bits per heavy atom. The zero-order valence-corrected chi connectivity index (χ0v) is 14.0. The first kappa shape index (κ1) is 16.8. The Hall–Kier alpha value is -0.550. The average molecular weight is 309 g/mol. The van der Waals surface area contributed by atoms with E-state index in [1.165, 1.54) is 36.1 Å². The zero-order chi connectivity index (χ0) is 14.9. The fourth-order valence-electron chi connectivity index (χ4n) is 2.75. The minimum atomic E-state index is 0.454. The average Bonchev–Trinajstić information content (AvgIpc) is 2.52. The Balaban J connectivity index is 1.82. The smallest absolute Gasteiger partial charge is 0.0587 e. The highest BCUT2D eigenvalue weighted by Gasteiger charge is 2.22. The van der Waals surface area contributed by atoms with Crippen LogP contribution in [-0.2, 0) is 16.0 Å². The van der Waals surface area contributed by atoms with Crippen molar-refractivity contribution in [3.63, 3.8) is 0 Å². The van der Waals surface area contributed by atoms with Gasteiger partial charge < -0.3 is 14.8 Å². The molecule has 3 nitrogen and oxygen atoms in total. The van der Waals surface area contributed by atoms with Crippen molar-refractivity contribution in [2.45, 2.75) is 48.5 Å². The van der Waals surface area contributed by atoms with Crippen LogP contribution in [0.5, 0.6) is 0 Å². The minimum absolute atomic E-state index is 0.454. The maximum atomic E-state index is 5.52. The second kappa shape index (κ2) is 9.46. The van der Waals surface area contributed by atoms with E-state index in [4.69, 9.17) is 9.47 Å². The van der Waals surface area contributed by atoms with Crippen LogP contribution in [0.4, 0.5) is 0 Å². The third kappa shape index (κ3) is 5.99. The van der Waals surface area contributed by atoms with Gasteiger partial charge >= 0.3 is 0 Å². The molecule has 2 atom stereocenters. The number of rotatable bonds is 8. The first-order valence-corrected chi connectivity index (χ1v) is 8.68. The van der Waals surface area contributed by atoms with Crippen LogP contribution in [0.3, 0.4) is 0 Å². The molecule has 1 aliphatic rings. The van der Waals surface area contributed by atoms with Crippen molar-refractivity contribution in [1.82, 2.24) is 5.32 Å². The summed E-state index contributed by atoms with van der Waals surface area (Å²) in [6.07, 6.45) is 5.44. The highest BCUT2D eigenvalue weighted by Crippen LogP contribution is 2.34. The molecular weight excluding hydrogens is 282 g/mol. The monoisotopic (exact) mass is 309 g/mol. The molecule has 0 saturated heterocycles. The molecule has 1 aromatic carbocycles. The standard InChI is InChI=1S/C17H27NO2S/c1-19-10-9-18-13-14-5-3-7-16(11-14)21-17-8-4-6-15(12-17)20-2/h3,5,7,11,15,17-18H,4,6,8-10,12-13H2,1-2H3. The van der Waals surface area contributed by atoms with Gasteiger partial charge in [0.1, 0.15) is 0 Å². The summed E-state index contributed by atoms with van der Waals surface area (Å²) in [7, 11) is 3.57. The molecule has 2 unspecified atom stereocenters. The van der Waals surface area contributed by atoms with Crippen LogP contribution in [0.15, 0.2) is 29.2 Å². The van der Waals surface area contributed by atoms with Gasteiger partial charge in [0.25, 0.3) is 0 Å². The summed E-state index contributed by atoms with van der Waals surface area (Å²) in [4.78, 5) is 1.38. The number of nitrogens with one attached hydrogen (secondary N) is 1. The lowest BCUT2D eigenvalue weighted by Crippen LogP contribution is -2.23. The molecule has 0 aliphatic heterocycles. The van der Waals surface area contributed by atoms with Crippen molar-refractivity contribution in [2.75, 3.05) is 27.4 Å². The molecular formula is C17H27NO2S. The van der Waals surface area contributed by atoms with Crippen LogP contribution in [0.2, 0.25) is 0 Å². The first-order chi connectivity index (χ1) is 10.3. The topological polar surface area (TPSA) is 30.5 Å². The second-order valence-electron chi connectivity index (χ2n) is 5.58. The van der Waals surface area contributed by atoms with Crippen molar-refractivity contribution < 1.29 is 9.47 Å². The van der Waals surface area contributed by atoms with E-state index in [0.29, 0.717) is 11.4 Å². The van der Waals surface area contributed by atoms with Crippen LogP contribution in [0, 0.1) is 0 Å². The molecule has 4 heteroatoms. The van der Waals surface area contributed by atoms with E-state index in [1.54, 1.807) is 7.11 Å². The predicted molar refractivity (Wildman–Crippen MR) is 88.9 cm³/mol. The van der Waals surface area contributed by atoms with E-state index in [1.807, 2.05) is 18.9 Å². The SMILES string of the molecule is COCCNCc1cccc(SC2CCCC(OC)C2)c1. The molecule has 1 fully saturated rings. The summed E-state index contributed by atoms with van der Waals surface area (Å²) in [6, 6.07) is 8.87. The Morgan fingerprint density at radius 2 is 2.19 bits per heavy atom. The molecule has 1 saturated carbocycles. The third-order valence-corrected chi connectivity index (χ3v) is 5.21. The van der Waals surface area contributed by atoms with Crippen LogP contribution < -0.4 is 5.32 Å². The molecule has 21 heavy (non-hydrogen) atoms. The molecule has 1 aliphatic carbocycles. The van der Waals surface area contributed by atoms with Gasteiger partial charge in [-0.3, -0.25) is 0 Å². The van der Waals surface area contributed by atoms with E-state index in [2.05, 4.69) is 29.6 Å². The summed E-state index contributed by atoms with van der Waals surface area (Å²) in [5.41, 5.74) is 1.34. The van der Waals surface area contributed by atoms with Crippen LogP contribution >= 0.6 is 11.8 Å². The summed E-state index contributed by atoms with van der Waals surface area (Å²) >= 11 is 2.01. The van der Waals surface area contributed by atoms with Gasteiger partial charge in [-0.15, -0.1) is 11.8 Å². The molecule has 0 amide bonds. The molecule has 0 aromatic heterocycles. The molecule has 1 aromatic rings. The lowest BCUT2D eigenvalue weighted by Gasteiger charge is -2.27. The van der Waals surface area contributed by atoms with Gasteiger partial charge in [-0.2, -0.15) is 0 Å². The highest BCUT2D eigenvalue weighted by atomic mass is 32.2. The molecule has 1 N–H and O–H groups in total. The third-order valence-electron chi connectivity index (χ3n) is 3.92. The number of hydrogen-bond acceptors (Lipinski definition) is 4.